The molecule has 0 amide bonds. The topological polar surface area (TPSA) is 80.9 Å². The van der Waals surface area contributed by atoms with Crippen LogP contribution in [0.2, 0.25) is 0 Å². The van der Waals surface area contributed by atoms with Crippen molar-refractivity contribution >= 4 is 17.0 Å². The van der Waals surface area contributed by atoms with E-state index in [4.69, 9.17) is 0 Å². The first kappa shape index (κ1) is 14.2. The van der Waals surface area contributed by atoms with Gasteiger partial charge >= 0.3 is 5.97 Å². The molecule has 1 N–H and O–H groups in total. The van der Waals surface area contributed by atoms with E-state index in [1.54, 1.807) is 35.4 Å². The van der Waals surface area contributed by atoms with E-state index in [1.165, 1.54) is 0 Å². The summed E-state index contributed by atoms with van der Waals surface area (Å²) in [5.74, 6) is -0.985. The molecule has 112 valence electrons. The lowest BCUT2D eigenvalue weighted by molar-refractivity contribution is 0.0699. The zero-order valence-corrected chi connectivity index (χ0v) is 12.4. The second-order valence-corrected chi connectivity index (χ2v) is 5.19. The van der Waals surface area contributed by atoms with Gasteiger partial charge in [-0.05, 0) is 31.5 Å². The molecule has 6 nitrogen and oxygen atoms in total. The number of hydrogen-bond donors (Lipinski definition) is 1. The van der Waals surface area contributed by atoms with E-state index in [-0.39, 0.29) is 11.6 Å². The predicted octanol–water partition coefficient (Wildman–Crippen LogP) is 3.16. The second kappa shape index (κ2) is 5.55. The first-order valence-corrected chi connectivity index (χ1v) is 7.13. The number of rotatable bonds is 4. The molecule has 6 heteroatoms. The molecular weight excluding hydrogens is 280 g/mol. The zero-order valence-electron chi connectivity index (χ0n) is 12.4. The molecule has 3 rings (SSSR count). The van der Waals surface area contributed by atoms with Gasteiger partial charge in [-0.1, -0.05) is 6.92 Å². The van der Waals surface area contributed by atoms with Gasteiger partial charge in [0, 0.05) is 18.0 Å². The predicted molar refractivity (Wildman–Crippen MR) is 82.7 cm³/mol. The average molecular weight is 296 g/mol. The number of carboxylic acids is 1. The fourth-order valence-electron chi connectivity index (χ4n) is 2.35. The number of carbonyl (C=O) groups is 1. The third kappa shape index (κ3) is 2.32. The summed E-state index contributed by atoms with van der Waals surface area (Å²) in [7, 11) is 0. The van der Waals surface area contributed by atoms with E-state index in [1.807, 2.05) is 13.0 Å². The lowest BCUT2D eigenvalue weighted by atomic mass is 10.1. The highest BCUT2D eigenvalue weighted by atomic mass is 16.4. The lowest BCUT2D eigenvalue weighted by Crippen LogP contribution is -2.07. The Morgan fingerprint density at radius 1 is 1.41 bits per heavy atom. The summed E-state index contributed by atoms with van der Waals surface area (Å²) in [4.78, 5) is 20.2. The van der Waals surface area contributed by atoms with Gasteiger partial charge in [-0.2, -0.15) is 5.10 Å². The van der Waals surface area contributed by atoms with E-state index in [2.05, 4.69) is 22.0 Å². The Morgan fingerprint density at radius 2 is 2.23 bits per heavy atom. The summed E-state index contributed by atoms with van der Waals surface area (Å²) in [6.07, 6.45) is 5.80. The Labute approximate surface area is 127 Å². The number of nitrogens with zero attached hydrogens (tertiary/aromatic N) is 4. The molecule has 0 aliphatic rings. The minimum Gasteiger partial charge on any atom is -0.478 e. The van der Waals surface area contributed by atoms with Gasteiger partial charge < -0.3 is 5.11 Å². The Hall–Kier alpha value is -2.76. The molecule has 0 radical (unpaired) electrons. The van der Waals surface area contributed by atoms with Crippen molar-refractivity contribution in [3.05, 3.63) is 42.4 Å². The second-order valence-electron chi connectivity index (χ2n) is 5.19. The summed E-state index contributed by atoms with van der Waals surface area (Å²) in [5.41, 5.74) is 2.17. The van der Waals surface area contributed by atoms with Gasteiger partial charge in [-0.15, -0.1) is 0 Å². The highest BCUT2D eigenvalue weighted by Gasteiger charge is 2.18. The molecule has 0 bridgehead atoms. The maximum absolute atomic E-state index is 11.6. The van der Waals surface area contributed by atoms with Crippen LogP contribution < -0.4 is 0 Å². The highest BCUT2D eigenvalue weighted by Crippen LogP contribution is 2.26. The molecule has 0 saturated heterocycles. The van der Waals surface area contributed by atoms with Gasteiger partial charge in [0.15, 0.2) is 5.65 Å². The Kier molecular flexibility index (Phi) is 3.58. The summed E-state index contributed by atoms with van der Waals surface area (Å²) in [5, 5.41) is 14.4. The summed E-state index contributed by atoms with van der Waals surface area (Å²) in [6.45, 7) is 4.09. The van der Waals surface area contributed by atoms with Crippen LogP contribution in [0.1, 0.15) is 36.7 Å². The lowest BCUT2D eigenvalue weighted by Gasteiger charge is -2.11. The number of hydrogen-bond acceptors (Lipinski definition) is 4. The fraction of sp³-hybridized carbons (Fsp3) is 0.250. The summed E-state index contributed by atoms with van der Waals surface area (Å²) >= 11 is 0. The van der Waals surface area contributed by atoms with Gasteiger partial charge in [0.25, 0.3) is 0 Å². The van der Waals surface area contributed by atoms with Crippen LogP contribution in [0, 0.1) is 0 Å². The maximum Gasteiger partial charge on any atom is 0.336 e. The maximum atomic E-state index is 11.6. The van der Waals surface area contributed by atoms with Gasteiger partial charge in [0.05, 0.1) is 28.9 Å². The molecule has 22 heavy (non-hydrogen) atoms. The molecule has 1 atom stereocenters. The minimum absolute atomic E-state index is 0.149. The van der Waals surface area contributed by atoms with E-state index in [9.17, 15) is 9.90 Å². The van der Waals surface area contributed by atoms with E-state index < -0.39 is 5.97 Å². The van der Waals surface area contributed by atoms with Crippen LogP contribution in [0.4, 0.5) is 0 Å². The van der Waals surface area contributed by atoms with Crippen molar-refractivity contribution < 1.29 is 9.90 Å². The van der Waals surface area contributed by atoms with Crippen molar-refractivity contribution in [1.29, 1.82) is 0 Å². The van der Waals surface area contributed by atoms with Crippen LogP contribution in [-0.2, 0) is 0 Å². The van der Waals surface area contributed by atoms with Crippen molar-refractivity contribution in [2.45, 2.75) is 26.3 Å². The largest absolute Gasteiger partial charge is 0.478 e. The summed E-state index contributed by atoms with van der Waals surface area (Å²) < 4.78 is 1.78. The van der Waals surface area contributed by atoms with Crippen molar-refractivity contribution in [3.8, 4) is 11.3 Å². The molecule has 3 aromatic heterocycles. The molecule has 0 aliphatic carbocycles. The quantitative estimate of drug-likeness (QED) is 0.799. The molecule has 0 spiro atoms. The van der Waals surface area contributed by atoms with Gasteiger partial charge in [-0.25, -0.2) is 14.5 Å². The standard InChI is InChI=1S/C16H16N4O2/c1-3-10(2)20-15-13(9-18-20)12(16(21)22)7-14(19-15)11-5-4-6-17-8-11/h4-10H,3H2,1-2H3,(H,21,22). The molecule has 3 aromatic rings. The summed E-state index contributed by atoms with van der Waals surface area (Å²) in [6, 6.07) is 5.38. The first-order chi connectivity index (χ1) is 10.6. The zero-order chi connectivity index (χ0) is 15.7. The van der Waals surface area contributed by atoms with Crippen LogP contribution in [0.5, 0.6) is 0 Å². The molecule has 3 heterocycles. The Bertz CT molecular complexity index is 827. The monoisotopic (exact) mass is 296 g/mol. The van der Waals surface area contributed by atoms with Crippen LogP contribution in [0.25, 0.3) is 22.3 Å². The smallest absolute Gasteiger partial charge is 0.336 e. The average Bonchev–Trinajstić information content (AvgIpc) is 2.97. The normalized spacial score (nSPS) is 12.5. The van der Waals surface area contributed by atoms with Crippen molar-refractivity contribution in [2.75, 3.05) is 0 Å². The van der Waals surface area contributed by atoms with Crippen molar-refractivity contribution in [1.82, 2.24) is 19.7 Å². The minimum atomic E-state index is -0.985. The third-order valence-electron chi connectivity index (χ3n) is 3.76. The molecule has 0 saturated carbocycles. The number of aromatic nitrogens is 4. The number of pyridine rings is 2. The fourth-order valence-corrected chi connectivity index (χ4v) is 2.35. The van der Waals surface area contributed by atoms with Crippen LogP contribution in [0.3, 0.4) is 0 Å². The van der Waals surface area contributed by atoms with Gasteiger partial charge in [-0.3, -0.25) is 4.98 Å². The number of aromatic carboxylic acids is 1. The molecule has 0 aromatic carbocycles. The Balaban J connectivity index is 2.29. The molecule has 0 aliphatic heterocycles. The molecule has 1 unspecified atom stereocenters. The van der Waals surface area contributed by atoms with E-state index in [0.717, 1.165) is 12.0 Å². The van der Waals surface area contributed by atoms with Crippen LogP contribution in [0.15, 0.2) is 36.8 Å². The third-order valence-corrected chi connectivity index (χ3v) is 3.76. The highest BCUT2D eigenvalue weighted by molar-refractivity contribution is 6.02. The van der Waals surface area contributed by atoms with Crippen LogP contribution in [-0.4, -0.2) is 30.8 Å². The van der Waals surface area contributed by atoms with Crippen molar-refractivity contribution in [3.63, 3.8) is 0 Å². The number of fused-ring (bicyclic) bond motifs is 1. The van der Waals surface area contributed by atoms with Gasteiger partial charge in [0.2, 0.25) is 0 Å². The van der Waals surface area contributed by atoms with Crippen LogP contribution >= 0.6 is 0 Å². The molecule has 0 fully saturated rings. The molecular formula is C16H16N4O2. The van der Waals surface area contributed by atoms with E-state index >= 15 is 0 Å². The number of carboxylic acid groups (broad SMARTS) is 1. The Morgan fingerprint density at radius 3 is 2.86 bits per heavy atom. The first-order valence-electron chi connectivity index (χ1n) is 7.13. The van der Waals surface area contributed by atoms with Gasteiger partial charge in [0.1, 0.15) is 0 Å². The van der Waals surface area contributed by atoms with Crippen molar-refractivity contribution in [2.24, 2.45) is 0 Å². The SMILES string of the molecule is CCC(C)n1ncc2c(C(=O)O)cc(-c3cccnc3)nc21. The van der Waals surface area contributed by atoms with E-state index in [0.29, 0.717) is 16.7 Å².